The number of hydrogen-bond donors (Lipinski definition) is 0. The number of carbonyl (C=O) groups excluding carboxylic acids is 2. The number of thiophene rings is 1. The van der Waals surface area contributed by atoms with Gasteiger partial charge in [0.05, 0.1) is 5.88 Å². The van der Waals surface area contributed by atoms with E-state index in [0.717, 1.165) is 6.42 Å². The highest BCUT2D eigenvalue weighted by molar-refractivity contribution is 7.99. The van der Waals surface area contributed by atoms with Gasteiger partial charge >= 0.3 is 0 Å². The first-order chi connectivity index (χ1) is 10.0. The SMILES string of the molecule is CCN(C)C(=O)C1CSCN1C(=O)C(C)Cc1cccs1. The molecule has 0 N–H and O–H groups in total. The Morgan fingerprint density at radius 3 is 2.90 bits per heavy atom. The third-order valence-electron chi connectivity index (χ3n) is 3.81. The molecule has 1 aromatic rings. The van der Waals surface area contributed by atoms with Crippen LogP contribution in [-0.4, -0.2) is 52.9 Å². The zero-order valence-corrected chi connectivity index (χ0v) is 14.4. The van der Waals surface area contributed by atoms with Gasteiger partial charge in [-0.05, 0) is 24.8 Å². The Hall–Kier alpha value is -1.01. The van der Waals surface area contributed by atoms with Crippen LogP contribution in [-0.2, 0) is 16.0 Å². The van der Waals surface area contributed by atoms with Crippen LogP contribution in [0.4, 0.5) is 0 Å². The molecule has 1 fully saturated rings. The summed E-state index contributed by atoms with van der Waals surface area (Å²) in [4.78, 5) is 29.7. The predicted molar refractivity (Wildman–Crippen MR) is 88.5 cm³/mol. The van der Waals surface area contributed by atoms with Crippen molar-refractivity contribution in [1.82, 2.24) is 9.80 Å². The minimum atomic E-state index is -0.293. The maximum Gasteiger partial charge on any atom is 0.245 e. The first kappa shape index (κ1) is 16.4. The summed E-state index contributed by atoms with van der Waals surface area (Å²) < 4.78 is 0. The number of hydrogen-bond acceptors (Lipinski definition) is 4. The van der Waals surface area contributed by atoms with E-state index >= 15 is 0 Å². The van der Waals surface area contributed by atoms with E-state index in [1.165, 1.54) is 4.88 Å². The first-order valence-electron chi connectivity index (χ1n) is 7.20. The largest absolute Gasteiger partial charge is 0.344 e. The highest BCUT2D eigenvalue weighted by atomic mass is 32.2. The highest BCUT2D eigenvalue weighted by Gasteiger charge is 2.37. The Balaban J connectivity index is 2.01. The molecule has 1 aromatic heterocycles. The molecule has 0 radical (unpaired) electrons. The Morgan fingerprint density at radius 1 is 1.52 bits per heavy atom. The number of carbonyl (C=O) groups is 2. The molecule has 0 aromatic carbocycles. The van der Waals surface area contributed by atoms with Gasteiger partial charge in [-0.25, -0.2) is 0 Å². The van der Waals surface area contributed by atoms with Gasteiger partial charge in [-0.3, -0.25) is 9.59 Å². The van der Waals surface area contributed by atoms with Crippen molar-refractivity contribution in [2.75, 3.05) is 25.2 Å². The van der Waals surface area contributed by atoms with Gasteiger partial charge < -0.3 is 9.80 Å². The number of nitrogens with zero attached hydrogens (tertiary/aromatic N) is 2. The predicted octanol–water partition coefficient (Wildman–Crippen LogP) is 2.31. The van der Waals surface area contributed by atoms with Crippen molar-refractivity contribution < 1.29 is 9.59 Å². The molecule has 2 amide bonds. The van der Waals surface area contributed by atoms with E-state index in [4.69, 9.17) is 0 Å². The summed E-state index contributed by atoms with van der Waals surface area (Å²) >= 11 is 3.34. The third-order valence-corrected chi connectivity index (χ3v) is 5.72. The fourth-order valence-corrected chi connectivity index (χ4v) is 4.37. The number of likely N-dealkylation sites (N-methyl/N-ethyl adjacent to an activating group) is 1. The summed E-state index contributed by atoms with van der Waals surface area (Å²) in [5.41, 5.74) is 0. The molecule has 2 heterocycles. The molecule has 21 heavy (non-hydrogen) atoms. The van der Waals surface area contributed by atoms with Gasteiger partial charge in [0.25, 0.3) is 0 Å². The number of thioether (sulfide) groups is 1. The lowest BCUT2D eigenvalue weighted by Crippen LogP contribution is -2.49. The maximum atomic E-state index is 12.6. The minimum absolute atomic E-state index is 0.0548. The summed E-state index contributed by atoms with van der Waals surface area (Å²) in [5.74, 6) is 1.40. The van der Waals surface area contributed by atoms with E-state index in [0.29, 0.717) is 18.2 Å². The average molecular weight is 326 g/mol. The second kappa shape index (κ2) is 7.31. The Kier molecular flexibility index (Phi) is 5.70. The summed E-state index contributed by atoms with van der Waals surface area (Å²) in [6, 6.07) is 3.77. The molecule has 1 aliphatic heterocycles. The van der Waals surface area contributed by atoms with Crippen molar-refractivity contribution in [3.05, 3.63) is 22.4 Å². The van der Waals surface area contributed by atoms with Crippen molar-refractivity contribution in [3.8, 4) is 0 Å². The zero-order chi connectivity index (χ0) is 15.4. The fourth-order valence-electron chi connectivity index (χ4n) is 2.38. The summed E-state index contributed by atoms with van der Waals surface area (Å²) in [5, 5.41) is 2.03. The lowest BCUT2D eigenvalue weighted by molar-refractivity contribution is -0.144. The van der Waals surface area contributed by atoms with Crippen LogP contribution in [0.25, 0.3) is 0 Å². The van der Waals surface area contributed by atoms with Gasteiger partial charge in [-0.1, -0.05) is 13.0 Å². The molecule has 1 saturated heterocycles. The summed E-state index contributed by atoms with van der Waals surface area (Å²) in [6.07, 6.45) is 0.752. The average Bonchev–Trinajstić information content (AvgIpc) is 3.15. The van der Waals surface area contributed by atoms with Gasteiger partial charge in [0, 0.05) is 30.1 Å². The van der Waals surface area contributed by atoms with Gasteiger partial charge in [0.1, 0.15) is 6.04 Å². The second-order valence-electron chi connectivity index (χ2n) is 5.36. The molecule has 2 rings (SSSR count). The molecule has 1 aliphatic rings. The van der Waals surface area contributed by atoms with Gasteiger partial charge in [-0.15, -0.1) is 23.1 Å². The minimum Gasteiger partial charge on any atom is -0.344 e. The zero-order valence-electron chi connectivity index (χ0n) is 12.7. The van der Waals surface area contributed by atoms with Crippen LogP contribution in [0.15, 0.2) is 17.5 Å². The highest BCUT2D eigenvalue weighted by Crippen LogP contribution is 2.25. The third kappa shape index (κ3) is 3.80. The molecule has 0 spiro atoms. The smallest absolute Gasteiger partial charge is 0.245 e. The monoisotopic (exact) mass is 326 g/mol. The molecular weight excluding hydrogens is 304 g/mol. The molecular formula is C15H22N2O2S2. The van der Waals surface area contributed by atoms with Gasteiger partial charge in [0.2, 0.25) is 11.8 Å². The van der Waals surface area contributed by atoms with Crippen LogP contribution in [0.1, 0.15) is 18.7 Å². The molecule has 6 heteroatoms. The molecule has 116 valence electrons. The van der Waals surface area contributed by atoms with Crippen LogP contribution in [0.3, 0.4) is 0 Å². The van der Waals surface area contributed by atoms with E-state index in [1.807, 2.05) is 25.3 Å². The van der Waals surface area contributed by atoms with Crippen molar-refractivity contribution >= 4 is 34.9 Å². The summed E-state index contributed by atoms with van der Waals surface area (Å²) in [7, 11) is 1.79. The molecule has 2 unspecified atom stereocenters. The maximum absolute atomic E-state index is 12.6. The summed E-state index contributed by atoms with van der Waals surface area (Å²) in [6.45, 7) is 4.58. The van der Waals surface area contributed by atoms with Crippen LogP contribution in [0.2, 0.25) is 0 Å². The van der Waals surface area contributed by atoms with Crippen LogP contribution in [0, 0.1) is 5.92 Å². The lowest BCUT2D eigenvalue weighted by atomic mass is 10.0. The molecule has 0 aliphatic carbocycles. The Morgan fingerprint density at radius 2 is 2.29 bits per heavy atom. The van der Waals surface area contributed by atoms with Crippen LogP contribution >= 0.6 is 23.1 Å². The Bertz CT molecular complexity index is 490. The van der Waals surface area contributed by atoms with Gasteiger partial charge in [0.15, 0.2) is 0 Å². The lowest BCUT2D eigenvalue weighted by Gasteiger charge is -2.28. The van der Waals surface area contributed by atoms with Crippen molar-refractivity contribution in [2.45, 2.75) is 26.3 Å². The van der Waals surface area contributed by atoms with Crippen molar-refractivity contribution in [1.29, 1.82) is 0 Å². The fraction of sp³-hybridized carbons (Fsp3) is 0.600. The molecule has 4 nitrogen and oxygen atoms in total. The van der Waals surface area contributed by atoms with Crippen molar-refractivity contribution in [2.24, 2.45) is 5.92 Å². The molecule has 0 saturated carbocycles. The second-order valence-corrected chi connectivity index (χ2v) is 7.39. The van der Waals surface area contributed by atoms with E-state index in [9.17, 15) is 9.59 Å². The van der Waals surface area contributed by atoms with Crippen molar-refractivity contribution in [3.63, 3.8) is 0 Å². The molecule has 2 atom stereocenters. The Labute approximate surface area is 134 Å². The van der Waals surface area contributed by atoms with E-state index in [2.05, 4.69) is 6.07 Å². The standard InChI is InChI=1S/C15H22N2O2S2/c1-4-16(3)15(19)13-9-20-10-17(13)14(18)11(2)8-12-6-5-7-21-12/h5-7,11,13H,4,8-10H2,1-3H3. The van der Waals surface area contributed by atoms with Crippen LogP contribution in [0.5, 0.6) is 0 Å². The topological polar surface area (TPSA) is 40.6 Å². The first-order valence-corrected chi connectivity index (χ1v) is 9.23. The van der Waals surface area contributed by atoms with Gasteiger partial charge in [-0.2, -0.15) is 0 Å². The van der Waals surface area contributed by atoms with Crippen LogP contribution < -0.4 is 0 Å². The van der Waals surface area contributed by atoms with E-state index in [-0.39, 0.29) is 23.8 Å². The van der Waals surface area contributed by atoms with E-state index in [1.54, 1.807) is 39.9 Å². The number of rotatable bonds is 5. The normalized spacial score (nSPS) is 19.6. The quantitative estimate of drug-likeness (QED) is 0.834. The van der Waals surface area contributed by atoms with E-state index < -0.39 is 0 Å². The number of amides is 2. The molecule has 0 bridgehead atoms.